The van der Waals surface area contributed by atoms with Crippen molar-refractivity contribution in [3.8, 4) is 0 Å². The predicted octanol–water partition coefficient (Wildman–Crippen LogP) is 2.73. The fourth-order valence-corrected chi connectivity index (χ4v) is 1.84. The fraction of sp³-hybridized carbons (Fsp3) is 0.600. The Bertz CT molecular complexity index is 322. The van der Waals surface area contributed by atoms with E-state index in [0.717, 1.165) is 13.0 Å². The highest BCUT2D eigenvalue weighted by Gasteiger charge is 2.03. The first-order valence-corrected chi connectivity index (χ1v) is 6.98. The van der Waals surface area contributed by atoms with Crippen LogP contribution < -0.4 is 10.6 Å². The summed E-state index contributed by atoms with van der Waals surface area (Å²) in [4.78, 5) is 8.26. The molecule has 0 aliphatic carbocycles. The summed E-state index contributed by atoms with van der Waals surface area (Å²) in [6.45, 7) is 0.889. The van der Waals surface area contributed by atoms with E-state index < -0.39 is 0 Å². The van der Waals surface area contributed by atoms with Crippen molar-refractivity contribution in [2.45, 2.75) is 12.8 Å². The zero-order chi connectivity index (χ0) is 11.8. The molecule has 1 aromatic rings. The molecule has 1 heterocycles. The number of unbranched alkanes of at least 4 members (excludes halogenated alkanes) is 1. The first-order valence-electron chi connectivity index (χ1n) is 5.21. The molecule has 1 rings (SSSR count). The van der Waals surface area contributed by atoms with Crippen LogP contribution in [0.2, 0.25) is 5.02 Å². The van der Waals surface area contributed by atoms with Gasteiger partial charge >= 0.3 is 0 Å². The predicted molar refractivity (Wildman–Crippen MR) is 72.7 cm³/mol. The van der Waals surface area contributed by atoms with E-state index in [1.807, 2.05) is 11.8 Å². The van der Waals surface area contributed by atoms with E-state index in [1.165, 1.54) is 12.2 Å². The van der Waals surface area contributed by atoms with Gasteiger partial charge in [-0.1, -0.05) is 11.6 Å². The van der Waals surface area contributed by atoms with Crippen molar-refractivity contribution in [1.29, 1.82) is 0 Å². The minimum atomic E-state index is 0.559. The van der Waals surface area contributed by atoms with E-state index in [-0.39, 0.29) is 0 Å². The Labute approximate surface area is 106 Å². The number of halogens is 1. The number of hydrogen-bond acceptors (Lipinski definition) is 5. The number of anilines is 2. The van der Waals surface area contributed by atoms with Gasteiger partial charge in [-0.15, -0.1) is 0 Å². The van der Waals surface area contributed by atoms with Gasteiger partial charge in [0.25, 0.3) is 0 Å². The van der Waals surface area contributed by atoms with Gasteiger partial charge in [0, 0.05) is 13.6 Å². The lowest BCUT2D eigenvalue weighted by Gasteiger charge is -2.08. The molecule has 0 amide bonds. The van der Waals surface area contributed by atoms with Crippen LogP contribution in [0.4, 0.5) is 11.8 Å². The van der Waals surface area contributed by atoms with Crippen molar-refractivity contribution in [3.63, 3.8) is 0 Å². The molecule has 0 saturated carbocycles. The van der Waals surface area contributed by atoms with Crippen LogP contribution in [-0.2, 0) is 0 Å². The number of hydrogen-bond donors (Lipinski definition) is 2. The standard InChI is InChI=1S/C10H17ClN4S/c1-12-10-14-7-8(11)9(15-10)13-5-3-4-6-16-2/h7H,3-6H2,1-2H3,(H2,12,13,14,15). The summed E-state index contributed by atoms with van der Waals surface area (Å²) in [5, 5.41) is 6.65. The summed E-state index contributed by atoms with van der Waals surface area (Å²) in [5.74, 6) is 2.47. The van der Waals surface area contributed by atoms with E-state index in [0.29, 0.717) is 16.8 Å². The highest BCUT2D eigenvalue weighted by atomic mass is 35.5. The third-order valence-corrected chi connectivity index (χ3v) is 3.01. The number of nitrogens with zero attached hydrogens (tertiary/aromatic N) is 2. The van der Waals surface area contributed by atoms with Crippen molar-refractivity contribution in [2.75, 3.05) is 36.2 Å². The largest absolute Gasteiger partial charge is 0.369 e. The van der Waals surface area contributed by atoms with Gasteiger partial charge in [-0.25, -0.2) is 4.98 Å². The van der Waals surface area contributed by atoms with Crippen LogP contribution in [0, 0.1) is 0 Å². The molecule has 16 heavy (non-hydrogen) atoms. The van der Waals surface area contributed by atoms with Gasteiger partial charge in [-0.05, 0) is 24.9 Å². The molecule has 0 saturated heterocycles. The van der Waals surface area contributed by atoms with Crippen molar-refractivity contribution in [1.82, 2.24) is 9.97 Å². The quantitative estimate of drug-likeness (QED) is 0.739. The van der Waals surface area contributed by atoms with Crippen LogP contribution in [0.5, 0.6) is 0 Å². The van der Waals surface area contributed by atoms with Gasteiger partial charge < -0.3 is 10.6 Å². The Hall–Kier alpha value is -0.680. The number of nitrogens with one attached hydrogen (secondary N) is 2. The topological polar surface area (TPSA) is 49.8 Å². The fourth-order valence-electron chi connectivity index (χ4n) is 1.19. The molecular weight excluding hydrogens is 244 g/mol. The van der Waals surface area contributed by atoms with Crippen LogP contribution in [0.25, 0.3) is 0 Å². The van der Waals surface area contributed by atoms with Gasteiger partial charge in [-0.3, -0.25) is 0 Å². The lowest BCUT2D eigenvalue weighted by atomic mass is 10.3. The highest BCUT2D eigenvalue weighted by Crippen LogP contribution is 2.19. The Morgan fingerprint density at radius 1 is 1.44 bits per heavy atom. The Morgan fingerprint density at radius 3 is 2.94 bits per heavy atom. The van der Waals surface area contributed by atoms with Crippen molar-refractivity contribution in [3.05, 3.63) is 11.2 Å². The first kappa shape index (κ1) is 13.4. The molecule has 0 unspecified atom stereocenters. The molecular formula is C10H17ClN4S. The Morgan fingerprint density at radius 2 is 2.25 bits per heavy atom. The zero-order valence-electron chi connectivity index (χ0n) is 9.59. The van der Waals surface area contributed by atoms with Gasteiger partial charge in [-0.2, -0.15) is 16.7 Å². The van der Waals surface area contributed by atoms with E-state index in [2.05, 4.69) is 26.9 Å². The van der Waals surface area contributed by atoms with E-state index >= 15 is 0 Å². The van der Waals surface area contributed by atoms with E-state index in [1.54, 1.807) is 13.2 Å². The Balaban J connectivity index is 2.40. The average Bonchev–Trinajstić information content (AvgIpc) is 2.31. The molecule has 90 valence electrons. The molecule has 0 aliphatic heterocycles. The first-order chi connectivity index (χ1) is 7.77. The molecule has 0 atom stereocenters. The number of rotatable bonds is 7. The third-order valence-electron chi connectivity index (χ3n) is 2.04. The molecule has 1 aromatic heterocycles. The van der Waals surface area contributed by atoms with Crippen LogP contribution in [0.1, 0.15) is 12.8 Å². The molecule has 4 nitrogen and oxygen atoms in total. The summed E-state index contributed by atoms with van der Waals surface area (Å²) in [7, 11) is 1.78. The highest BCUT2D eigenvalue weighted by molar-refractivity contribution is 7.98. The summed E-state index contributed by atoms with van der Waals surface area (Å²) in [6, 6.07) is 0. The van der Waals surface area contributed by atoms with Crippen LogP contribution in [-0.4, -0.2) is 35.6 Å². The second kappa shape index (κ2) is 7.57. The maximum Gasteiger partial charge on any atom is 0.224 e. The number of thioether (sulfide) groups is 1. The SMILES string of the molecule is CNc1ncc(Cl)c(NCCCCSC)n1. The van der Waals surface area contributed by atoms with Gasteiger partial charge in [0.2, 0.25) is 5.95 Å². The van der Waals surface area contributed by atoms with Gasteiger partial charge in [0.15, 0.2) is 0 Å². The monoisotopic (exact) mass is 260 g/mol. The summed E-state index contributed by atoms with van der Waals surface area (Å²) >= 11 is 7.84. The number of aromatic nitrogens is 2. The molecule has 0 radical (unpaired) electrons. The van der Waals surface area contributed by atoms with Gasteiger partial charge in [0.05, 0.1) is 6.20 Å². The second-order valence-corrected chi connectivity index (χ2v) is 4.66. The molecule has 0 spiro atoms. The van der Waals surface area contributed by atoms with E-state index in [9.17, 15) is 0 Å². The van der Waals surface area contributed by atoms with Crippen LogP contribution in [0.15, 0.2) is 6.20 Å². The smallest absolute Gasteiger partial charge is 0.224 e. The van der Waals surface area contributed by atoms with Crippen LogP contribution >= 0.6 is 23.4 Å². The molecule has 0 bridgehead atoms. The molecule has 0 aromatic carbocycles. The lowest BCUT2D eigenvalue weighted by molar-refractivity contribution is 0.839. The van der Waals surface area contributed by atoms with E-state index in [4.69, 9.17) is 11.6 Å². The average molecular weight is 261 g/mol. The molecule has 0 fully saturated rings. The molecule has 0 aliphatic rings. The summed E-state index contributed by atoms with van der Waals surface area (Å²) in [5.41, 5.74) is 0. The van der Waals surface area contributed by atoms with Crippen molar-refractivity contribution < 1.29 is 0 Å². The zero-order valence-corrected chi connectivity index (χ0v) is 11.2. The van der Waals surface area contributed by atoms with Gasteiger partial charge in [0.1, 0.15) is 10.8 Å². The molecule has 6 heteroatoms. The normalized spacial score (nSPS) is 10.2. The second-order valence-electron chi connectivity index (χ2n) is 3.27. The van der Waals surface area contributed by atoms with Crippen molar-refractivity contribution in [2.24, 2.45) is 0 Å². The lowest BCUT2D eigenvalue weighted by Crippen LogP contribution is -2.06. The minimum absolute atomic E-state index is 0.559. The summed E-state index contributed by atoms with van der Waals surface area (Å²) < 4.78 is 0. The third kappa shape index (κ3) is 4.45. The van der Waals surface area contributed by atoms with Crippen LogP contribution in [0.3, 0.4) is 0 Å². The Kier molecular flexibility index (Phi) is 6.33. The van der Waals surface area contributed by atoms with Crippen molar-refractivity contribution >= 4 is 35.1 Å². The summed E-state index contributed by atoms with van der Waals surface area (Å²) in [6.07, 6.45) is 6.05. The minimum Gasteiger partial charge on any atom is -0.369 e. The maximum absolute atomic E-state index is 5.97. The maximum atomic E-state index is 5.97. The molecule has 2 N–H and O–H groups in total.